The summed E-state index contributed by atoms with van der Waals surface area (Å²) in [5, 5.41) is 1.09. The number of carbonyl (C=O) groups excluding carboxylic acids is 1. The van der Waals surface area contributed by atoms with Crippen LogP contribution < -0.4 is 0 Å². The molecule has 1 aromatic carbocycles. The Morgan fingerprint density at radius 3 is 2.54 bits per heavy atom. The first kappa shape index (κ1) is 17.2. The molecule has 3 nitrogen and oxygen atoms in total. The van der Waals surface area contributed by atoms with Crippen LogP contribution in [0.3, 0.4) is 0 Å². The molecule has 0 unspecified atom stereocenters. The van der Waals surface area contributed by atoms with Crippen LogP contribution in [-0.4, -0.2) is 28.9 Å². The number of carbonyl (C=O) groups is 1. The van der Waals surface area contributed by atoms with Crippen LogP contribution in [-0.2, 0) is 17.6 Å². The summed E-state index contributed by atoms with van der Waals surface area (Å²) in [5.74, 6) is 1.02. The van der Waals surface area contributed by atoms with Crippen molar-refractivity contribution < 1.29 is 4.79 Å². The van der Waals surface area contributed by atoms with Crippen molar-refractivity contribution in [3.05, 3.63) is 51.5 Å². The molecule has 1 fully saturated rings. The molecule has 4 heteroatoms. The average molecular weight is 343 g/mol. The second kappa shape index (κ2) is 7.93. The van der Waals surface area contributed by atoms with Gasteiger partial charge in [-0.05, 0) is 51.0 Å². The molecule has 1 saturated heterocycles. The lowest BCUT2D eigenvalue weighted by molar-refractivity contribution is -0.132. The van der Waals surface area contributed by atoms with E-state index in [1.807, 2.05) is 13.8 Å². The predicted octanol–water partition coefficient (Wildman–Crippen LogP) is 4.17. The number of rotatable bonds is 5. The smallest absolute Gasteiger partial charge is 0.222 e. The number of thiazole rings is 1. The molecule has 0 bridgehead atoms. The van der Waals surface area contributed by atoms with E-state index in [0.29, 0.717) is 18.2 Å². The number of likely N-dealkylation sites (tertiary alicyclic amines) is 1. The third kappa shape index (κ3) is 4.44. The lowest BCUT2D eigenvalue weighted by Gasteiger charge is -2.32. The van der Waals surface area contributed by atoms with Crippen molar-refractivity contribution in [3.63, 3.8) is 0 Å². The van der Waals surface area contributed by atoms with Crippen molar-refractivity contribution in [2.75, 3.05) is 13.1 Å². The van der Waals surface area contributed by atoms with E-state index in [1.165, 1.54) is 10.4 Å². The summed E-state index contributed by atoms with van der Waals surface area (Å²) in [4.78, 5) is 20.2. The number of piperidine rings is 1. The van der Waals surface area contributed by atoms with Gasteiger partial charge in [-0.3, -0.25) is 4.79 Å². The molecule has 128 valence electrons. The van der Waals surface area contributed by atoms with E-state index in [0.717, 1.165) is 49.5 Å². The molecule has 0 radical (unpaired) electrons. The number of benzene rings is 1. The Hall–Kier alpha value is -1.68. The van der Waals surface area contributed by atoms with Crippen LogP contribution >= 0.6 is 11.3 Å². The summed E-state index contributed by atoms with van der Waals surface area (Å²) < 4.78 is 0. The van der Waals surface area contributed by atoms with Crippen molar-refractivity contribution in [1.82, 2.24) is 9.88 Å². The van der Waals surface area contributed by atoms with Crippen LogP contribution in [0.15, 0.2) is 30.3 Å². The van der Waals surface area contributed by atoms with Crippen LogP contribution in [0.4, 0.5) is 0 Å². The van der Waals surface area contributed by atoms with Gasteiger partial charge in [-0.25, -0.2) is 4.98 Å². The van der Waals surface area contributed by atoms with E-state index in [4.69, 9.17) is 0 Å². The molecule has 1 aromatic heterocycles. The number of aromatic nitrogens is 1. The van der Waals surface area contributed by atoms with Crippen molar-refractivity contribution in [1.29, 1.82) is 0 Å². The minimum absolute atomic E-state index is 0.304. The van der Waals surface area contributed by atoms with Crippen LogP contribution in [0, 0.1) is 19.8 Å². The molecule has 1 amide bonds. The third-order valence-electron chi connectivity index (χ3n) is 4.90. The molecule has 0 spiro atoms. The first-order valence-corrected chi connectivity index (χ1v) is 9.68. The van der Waals surface area contributed by atoms with E-state index in [-0.39, 0.29) is 0 Å². The van der Waals surface area contributed by atoms with E-state index < -0.39 is 0 Å². The topological polar surface area (TPSA) is 33.2 Å². The molecule has 0 saturated carbocycles. The Kier molecular flexibility index (Phi) is 5.67. The fourth-order valence-electron chi connectivity index (χ4n) is 3.52. The molecule has 0 N–H and O–H groups in total. The molecule has 1 aliphatic rings. The van der Waals surface area contributed by atoms with Crippen molar-refractivity contribution >= 4 is 17.2 Å². The van der Waals surface area contributed by atoms with Crippen LogP contribution in [0.1, 0.15) is 40.4 Å². The maximum absolute atomic E-state index is 12.5. The molecule has 2 aromatic rings. The summed E-state index contributed by atoms with van der Waals surface area (Å²) in [6.45, 7) is 5.90. The second-order valence-corrected chi connectivity index (χ2v) is 8.04. The van der Waals surface area contributed by atoms with Gasteiger partial charge in [0.1, 0.15) is 0 Å². The number of amides is 1. The largest absolute Gasteiger partial charge is 0.343 e. The van der Waals surface area contributed by atoms with Crippen LogP contribution in [0.5, 0.6) is 0 Å². The maximum Gasteiger partial charge on any atom is 0.222 e. The van der Waals surface area contributed by atoms with Gasteiger partial charge in [-0.1, -0.05) is 30.3 Å². The Bertz CT molecular complexity index is 672. The third-order valence-corrected chi connectivity index (χ3v) is 6.03. The number of aryl methyl sites for hydroxylation is 3. The van der Waals surface area contributed by atoms with E-state index in [9.17, 15) is 4.79 Å². The zero-order chi connectivity index (χ0) is 16.9. The minimum Gasteiger partial charge on any atom is -0.343 e. The van der Waals surface area contributed by atoms with Gasteiger partial charge in [-0.15, -0.1) is 11.3 Å². The van der Waals surface area contributed by atoms with Gasteiger partial charge in [0.2, 0.25) is 5.91 Å². The van der Waals surface area contributed by atoms with Crippen molar-refractivity contribution in [3.8, 4) is 0 Å². The van der Waals surface area contributed by atoms with E-state index >= 15 is 0 Å². The summed E-state index contributed by atoms with van der Waals surface area (Å²) in [6, 6.07) is 10.7. The van der Waals surface area contributed by atoms with Crippen LogP contribution in [0.2, 0.25) is 0 Å². The Morgan fingerprint density at radius 2 is 1.92 bits per heavy atom. The zero-order valence-corrected chi connectivity index (χ0v) is 15.4. The first-order valence-electron chi connectivity index (χ1n) is 8.86. The minimum atomic E-state index is 0.304. The molecule has 3 rings (SSSR count). The monoisotopic (exact) mass is 342 g/mol. The molecule has 1 aliphatic heterocycles. The zero-order valence-electron chi connectivity index (χ0n) is 14.6. The SMILES string of the molecule is Cc1nc(C)c(CCC(=O)N2CCC(Cc3ccccc3)CC2)s1. The second-order valence-electron chi connectivity index (χ2n) is 6.76. The van der Waals surface area contributed by atoms with Gasteiger partial charge < -0.3 is 4.90 Å². The summed E-state index contributed by atoms with van der Waals surface area (Å²) >= 11 is 1.72. The predicted molar refractivity (Wildman–Crippen MR) is 99.4 cm³/mol. The van der Waals surface area contributed by atoms with Crippen LogP contribution in [0.25, 0.3) is 0 Å². The standard InChI is InChI=1S/C20H26N2OS/c1-15-19(24-16(2)21-15)8-9-20(23)22-12-10-18(11-13-22)14-17-6-4-3-5-7-17/h3-7,18H,8-14H2,1-2H3. The first-order chi connectivity index (χ1) is 11.6. The fourth-order valence-corrected chi connectivity index (χ4v) is 4.45. The Labute approximate surface area is 148 Å². The molecule has 24 heavy (non-hydrogen) atoms. The Balaban J connectivity index is 1.44. The van der Waals surface area contributed by atoms with Gasteiger partial charge in [0, 0.05) is 24.4 Å². The highest BCUT2D eigenvalue weighted by Crippen LogP contribution is 2.23. The van der Waals surface area contributed by atoms with Crippen molar-refractivity contribution in [2.24, 2.45) is 5.92 Å². The van der Waals surface area contributed by atoms with E-state index in [1.54, 1.807) is 11.3 Å². The quantitative estimate of drug-likeness (QED) is 0.817. The number of hydrogen-bond acceptors (Lipinski definition) is 3. The average Bonchev–Trinajstić information content (AvgIpc) is 2.92. The van der Waals surface area contributed by atoms with Crippen molar-refractivity contribution in [2.45, 2.75) is 46.0 Å². The molecule has 0 atom stereocenters. The highest BCUT2D eigenvalue weighted by atomic mass is 32.1. The van der Waals surface area contributed by atoms with Gasteiger partial charge >= 0.3 is 0 Å². The van der Waals surface area contributed by atoms with E-state index in [2.05, 4.69) is 40.2 Å². The maximum atomic E-state index is 12.5. The fraction of sp³-hybridized carbons (Fsp3) is 0.500. The molecular weight excluding hydrogens is 316 g/mol. The summed E-state index contributed by atoms with van der Waals surface area (Å²) in [7, 11) is 0. The summed E-state index contributed by atoms with van der Waals surface area (Å²) in [5.41, 5.74) is 2.50. The molecule has 2 heterocycles. The Morgan fingerprint density at radius 1 is 1.21 bits per heavy atom. The lowest BCUT2D eigenvalue weighted by atomic mass is 9.90. The molecule has 0 aliphatic carbocycles. The van der Waals surface area contributed by atoms with Gasteiger partial charge in [0.15, 0.2) is 0 Å². The number of hydrogen-bond donors (Lipinski definition) is 0. The van der Waals surface area contributed by atoms with Gasteiger partial charge in [0.25, 0.3) is 0 Å². The van der Waals surface area contributed by atoms with Gasteiger partial charge in [-0.2, -0.15) is 0 Å². The lowest BCUT2D eigenvalue weighted by Crippen LogP contribution is -2.39. The summed E-state index contributed by atoms with van der Waals surface area (Å²) in [6.07, 6.45) is 4.84. The number of nitrogens with zero attached hydrogens (tertiary/aromatic N) is 2. The van der Waals surface area contributed by atoms with Gasteiger partial charge in [0.05, 0.1) is 10.7 Å². The molecular formula is C20H26N2OS. The normalized spacial score (nSPS) is 15.7. The highest BCUT2D eigenvalue weighted by molar-refractivity contribution is 7.11. The highest BCUT2D eigenvalue weighted by Gasteiger charge is 2.23.